The number of carbonyl (C=O) groups excluding carboxylic acids is 1. The number of esters is 1. The number of hydrogen-bond donors (Lipinski definition) is 0. The van der Waals surface area contributed by atoms with Gasteiger partial charge in [0.1, 0.15) is 23.5 Å². The minimum absolute atomic E-state index is 0.117. The minimum atomic E-state index is -0.687. The van der Waals surface area contributed by atoms with Crippen LogP contribution in [0.1, 0.15) is 59.2 Å². The van der Waals surface area contributed by atoms with E-state index in [1.807, 2.05) is 24.3 Å². The third-order valence-electron chi connectivity index (χ3n) is 8.36. The zero-order valence-electron chi connectivity index (χ0n) is 24.1. The molecule has 4 aromatic heterocycles. The van der Waals surface area contributed by atoms with Gasteiger partial charge in [-0.15, -0.1) is 0 Å². The number of hydrogen-bond acceptors (Lipinski definition) is 8. The lowest BCUT2D eigenvalue weighted by atomic mass is 9.86. The van der Waals surface area contributed by atoms with E-state index in [1.165, 1.54) is 18.7 Å². The fraction of sp³-hybridized carbons (Fsp3) is 0.333. The Hall–Kier alpha value is -4.28. The Morgan fingerprint density at radius 3 is 2.80 bits per heavy atom. The van der Waals surface area contributed by atoms with Gasteiger partial charge < -0.3 is 23.2 Å². The van der Waals surface area contributed by atoms with E-state index in [4.69, 9.17) is 40.2 Å². The highest BCUT2D eigenvalue weighted by atomic mass is 35.5. The molecule has 1 saturated heterocycles. The highest BCUT2D eigenvalue weighted by molar-refractivity contribution is 6.35. The zero-order chi connectivity index (χ0) is 30.2. The number of allylic oxidation sites excluding steroid dienone is 2. The molecular formula is C33H30ClFN4O5. The van der Waals surface area contributed by atoms with Crippen LogP contribution in [0.5, 0.6) is 5.88 Å². The molecule has 1 fully saturated rings. The van der Waals surface area contributed by atoms with E-state index < -0.39 is 12.0 Å². The lowest BCUT2D eigenvalue weighted by molar-refractivity contribution is -0.0590. The van der Waals surface area contributed by atoms with Crippen molar-refractivity contribution in [3.05, 3.63) is 94.0 Å². The lowest BCUT2D eigenvalue weighted by Gasteiger charge is -2.27. The first-order chi connectivity index (χ1) is 21.4. The molecule has 0 saturated carbocycles. The zero-order valence-corrected chi connectivity index (χ0v) is 24.8. The predicted molar refractivity (Wildman–Crippen MR) is 161 cm³/mol. The van der Waals surface area contributed by atoms with Crippen molar-refractivity contribution in [3.63, 3.8) is 0 Å². The van der Waals surface area contributed by atoms with E-state index >= 15 is 0 Å². The number of furan rings is 1. The van der Waals surface area contributed by atoms with Crippen molar-refractivity contribution in [2.75, 3.05) is 13.7 Å². The molecule has 226 valence electrons. The van der Waals surface area contributed by atoms with E-state index in [9.17, 15) is 9.18 Å². The first-order valence-electron chi connectivity index (χ1n) is 14.7. The van der Waals surface area contributed by atoms with Gasteiger partial charge in [0, 0.05) is 47.7 Å². The SMILES string of the molecule is COC(=O)c1ccc2nc(CC3=CCC(c4cccc(OCc5ccc(Cl)c6cc(F)oc56)n4)CC3)n(C[C@@H]3CCO3)c2n1. The van der Waals surface area contributed by atoms with Gasteiger partial charge in [-0.1, -0.05) is 35.4 Å². The normalized spacial score (nSPS) is 18.3. The molecule has 0 amide bonds. The van der Waals surface area contributed by atoms with Crippen molar-refractivity contribution in [2.24, 2.45) is 0 Å². The van der Waals surface area contributed by atoms with Crippen molar-refractivity contribution >= 4 is 39.7 Å². The molecule has 0 radical (unpaired) electrons. The van der Waals surface area contributed by atoms with Crippen LogP contribution in [-0.2, 0) is 29.0 Å². The van der Waals surface area contributed by atoms with Crippen LogP contribution < -0.4 is 4.74 Å². The molecule has 11 heteroatoms. The van der Waals surface area contributed by atoms with Gasteiger partial charge in [-0.3, -0.25) is 0 Å². The van der Waals surface area contributed by atoms with E-state index in [1.54, 1.807) is 18.2 Å². The molecule has 44 heavy (non-hydrogen) atoms. The second-order valence-corrected chi connectivity index (χ2v) is 11.6. The first kappa shape index (κ1) is 28.5. The van der Waals surface area contributed by atoms with Crippen molar-refractivity contribution in [3.8, 4) is 5.88 Å². The topological polar surface area (TPSA) is 102 Å². The fourth-order valence-electron chi connectivity index (χ4n) is 5.87. The maximum Gasteiger partial charge on any atom is 0.356 e. The van der Waals surface area contributed by atoms with Crippen LogP contribution in [0.25, 0.3) is 22.1 Å². The maximum absolute atomic E-state index is 13.7. The molecule has 2 atom stereocenters. The quantitative estimate of drug-likeness (QED) is 0.129. The number of imidazole rings is 1. The average Bonchev–Trinajstić information content (AvgIpc) is 3.58. The van der Waals surface area contributed by atoms with Gasteiger partial charge in [0.15, 0.2) is 11.3 Å². The molecule has 1 aromatic carbocycles. The number of nitrogens with zero attached hydrogens (tertiary/aromatic N) is 4. The lowest BCUT2D eigenvalue weighted by Crippen LogP contribution is -2.32. The Labute approximate surface area is 257 Å². The molecule has 1 aliphatic heterocycles. The maximum atomic E-state index is 13.7. The largest absolute Gasteiger partial charge is 0.473 e. The van der Waals surface area contributed by atoms with Crippen LogP contribution in [0.2, 0.25) is 5.02 Å². The van der Waals surface area contributed by atoms with Crippen LogP contribution in [0.3, 0.4) is 0 Å². The second kappa shape index (κ2) is 12.0. The van der Waals surface area contributed by atoms with Crippen LogP contribution in [0.15, 0.2) is 64.6 Å². The molecule has 2 aliphatic rings. The van der Waals surface area contributed by atoms with Crippen molar-refractivity contribution < 1.29 is 27.8 Å². The van der Waals surface area contributed by atoms with E-state index in [0.717, 1.165) is 49.3 Å². The van der Waals surface area contributed by atoms with Gasteiger partial charge in [-0.05, 0) is 49.9 Å². The van der Waals surface area contributed by atoms with E-state index in [2.05, 4.69) is 15.6 Å². The van der Waals surface area contributed by atoms with Gasteiger partial charge in [0.25, 0.3) is 6.01 Å². The van der Waals surface area contributed by atoms with Crippen molar-refractivity contribution in [2.45, 2.75) is 57.3 Å². The summed E-state index contributed by atoms with van der Waals surface area (Å²) in [7, 11) is 1.35. The number of ether oxygens (including phenoxy) is 3. The molecule has 0 spiro atoms. The summed E-state index contributed by atoms with van der Waals surface area (Å²) in [6, 6.07) is 13.3. The van der Waals surface area contributed by atoms with Crippen LogP contribution in [0.4, 0.5) is 4.39 Å². The monoisotopic (exact) mass is 616 g/mol. The predicted octanol–water partition coefficient (Wildman–Crippen LogP) is 6.96. The number of carbonyl (C=O) groups is 1. The standard InChI is InChI=1S/C33H30ClFN4O5/c1-41-33(40)27-12-11-26-32(38-27)39(17-22-13-14-42-22)29(36-26)15-19-5-7-20(8-6-19)25-3-2-4-30(37-25)43-18-21-9-10-24(34)23-16-28(35)44-31(21)23/h2-5,9-12,16,20,22H,6-8,13-15,17-18H2,1H3/t20?,22-/m0/s1. The highest BCUT2D eigenvalue weighted by Gasteiger charge is 2.25. The van der Waals surface area contributed by atoms with Gasteiger partial charge >= 0.3 is 5.97 Å². The second-order valence-electron chi connectivity index (χ2n) is 11.2. The Bertz CT molecular complexity index is 1900. The summed E-state index contributed by atoms with van der Waals surface area (Å²) in [5.74, 6) is 1.20. The van der Waals surface area contributed by atoms with Crippen molar-refractivity contribution in [1.29, 1.82) is 0 Å². The molecule has 1 aliphatic carbocycles. The first-order valence-corrected chi connectivity index (χ1v) is 15.0. The number of methoxy groups -OCH3 is 1. The average molecular weight is 617 g/mol. The van der Waals surface area contributed by atoms with Gasteiger partial charge in [-0.25, -0.2) is 19.7 Å². The summed E-state index contributed by atoms with van der Waals surface area (Å²) in [6.45, 7) is 1.58. The van der Waals surface area contributed by atoms with Crippen LogP contribution >= 0.6 is 11.6 Å². The number of benzene rings is 1. The third kappa shape index (κ3) is 5.67. The van der Waals surface area contributed by atoms with E-state index in [0.29, 0.717) is 46.0 Å². The fourth-order valence-corrected chi connectivity index (χ4v) is 6.07. The number of fused-ring (bicyclic) bond motifs is 2. The Kier molecular flexibility index (Phi) is 7.78. The van der Waals surface area contributed by atoms with Crippen LogP contribution in [-0.4, -0.2) is 45.3 Å². The number of halogens is 2. The summed E-state index contributed by atoms with van der Waals surface area (Å²) < 4.78 is 37.6. The molecule has 1 unspecified atom stereocenters. The number of aromatic nitrogens is 4. The van der Waals surface area contributed by atoms with E-state index in [-0.39, 0.29) is 24.3 Å². The summed E-state index contributed by atoms with van der Waals surface area (Å²) in [4.78, 5) is 26.4. The smallest absolute Gasteiger partial charge is 0.356 e. The Balaban J connectivity index is 1.05. The van der Waals surface area contributed by atoms with Gasteiger partial charge in [0.05, 0.1) is 24.8 Å². The molecule has 0 N–H and O–H groups in total. The molecular weight excluding hydrogens is 587 g/mol. The number of pyridine rings is 2. The van der Waals surface area contributed by atoms with Crippen molar-refractivity contribution in [1.82, 2.24) is 19.5 Å². The molecule has 5 heterocycles. The molecule has 5 aromatic rings. The van der Waals surface area contributed by atoms with Gasteiger partial charge in [-0.2, -0.15) is 4.39 Å². The molecule has 0 bridgehead atoms. The summed E-state index contributed by atoms with van der Waals surface area (Å²) in [5.41, 5.74) is 5.03. The third-order valence-corrected chi connectivity index (χ3v) is 8.69. The Morgan fingerprint density at radius 2 is 2.02 bits per heavy atom. The molecule has 9 nitrogen and oxygen atoms in total. The summed E-state index contributed by atoms with van der Waals surface area (Å²) in [5, 5.41) is 0.946. The summed E-state index contributed by atoms with van der Waals surface area (Å²) >= 11 is 6.18. The highest BCUT2D eigenvalue weighted by Crippen LogP contribution is 2.34. The minimum Gasteiger partial charge on any atom is -0.473 e. The molecule has 7 rings (SSSR count). The van der Waals surface area contributed by atoms with Crippen LogP contribution in [0, 0.1) is 6.01 Å². The summed E-state index contributed by atoms with van der Waals surface area (Å²) in [6.07, 6.45) is 6.80. The number of rotatable bonds is 9. The van der Waals surface area contributed by atoms with Gasteiger partial charge in [0.2, 0.25) is 5.88 Å². The Morgan fingerprint density at radius 1 is 1.14 bits per heavy atom.